The molecular weight excluding hydrogens is 273 g/mol. The maximum absolute atomic E-state index is 12.4. The molecule has 1 rings (SSSR count). The minimum Gasteiger partial charge on any atom is -0.370 e. The van der Waals surface area contributed by atoms with E-state index in [2.05, 4.69) is 15.3 Å². The summed E-state index contributed by atoms with van der Waals surface area (Å²) in [4.78, 5) is 17.0. The fraction of sp³-hybridized carbons (Fsp3) is 0.444. The number of halogens is 4. The normalized spacial score (nSPS) is 13.2. The van der Waals surface area contributed by atoms with Crippen molar-refractivity contribution in [2.24, 2.45) is 5.73 Å². The lowest BCUT2D eigenvalue weighted by molar-refractivity contribution is -0.144. The van der Waals surface area contributed by atoms with Gasteiger partial charge in [0, 0.05) is 18.5 Å². The second-order valence-electron chi connectivity index (χ2n) is 3.61. The van der Waals surface area contributed by atoms with E-state index in [0.717, 1.165) is 6.07 Å². The van der Waals surface area contributed by atoms with Crippen molar-refractivity contribution >= 4 is 23.3 Å². The Hall–Kier alpha value is -1.57. The van der Waals surface area contributed by atoms with E-state index in [9.17, 15) is 18.0 Å². The van der Waals surface area contributed by atoms with Crippen LogP contribution in [0.25, 0.3) is 0 Å². The molecule has 0 radical (unpaired) electrons. The molecule has 1 aromatic rings. The van der Waals surface area contributed by atoms with Crippen molar-refractivity contribution < 1.29 is 18.0 Å². The fourth-order valence-electron chi connectivity index (χ4n) is 1.22. The van der Waals surface area contributed by atoms with Crippen molar-refractivity contribution in [2.75, 3.05) is 5.32 Å². The van der Waals surface area contributed by atoms with Gasteiger partial charge in [0.25, 0.3) is 0 Å². The molecule has 0 aromatic carbocycles. The van der Waals surface area contributed by atoms with E-state index in [1.54, 1.807) is 6.92 Å². The highest BCUT2D eigenvalue weighted by Crippen LogP contribution is 2.28. The summed E-state index contributed by atoms with van der Waals surface area (Å²) in [5.41, 5.74) is 4.96. The number of nitrogens with zero attached hydrogens (tertiary/aromatic N) is 2. The predicted molar refractivity (Wildman–Crippen MR) is 58.9 cm³/mol. The summed E-state index contributed by atoms with van der Waals surface area (Å²) in [5, 5.41) is 2.25. The first kappa shape index (κ1) is 14.5. The number of amides is 1. The number of aromatic nitrogens is 2. The molecule has 0 bridgehead atoms. The molecule has 100 valence electrons. The second kappa shape index (κ2) is 5.38. The Bertz CT molecular complexity index is 452. The van der Waals surface area contributed by atoms with Gasteiger partial charge in [0.05, 0.1) is 0 Å². The fourth-order valence-corrected chi connectivity index (χ4v) is 1.41. The Morgan fingerprint density at radius 1 is 1.56 bits per heavy atom. The zero-order valence-corrected chi connectivity index (χ0v) is 10.0. The number of anilines is 1. The number of hydrogen-bond donors (Lipinski definition) is 2. The lowest BCUT2D eigenvalue weighted by Crippen LogP contribution is -2.25. The molecule has 5 nitrogen and oxygen atoms in total. The molecule has 0 saturated carbocycles. The molecule has 1 unspecified atom stereocenters. The number of rotatable bonds is 4. The van der Waals surface area contributed by atoms with E-state index in [1.807, 2.05) is 0 Å². The van der Waals surface area contributed by atoms with Gasteiger partial charge in [-0.1, -0.05) is 11.6 Å². The Balaban J connectivity index is 2.90. The van der Waals surface area contributed by atoms with E-state index in [1.165, 1.54) is 0 Å². The molecule has 9 heteroatoms. The summed E-state index contributed by atoms with van der Waals surface area (Å²) in [5.74, 6) is -2.04. The Kier molecular flexibility index (Phi) is 4.33. The van der Waals surface area contributed by atoms with Gasteiger partial charge in [-0.2, -0.15) is 13.2 Å². The SMILES string of the molecule is CC(CC(N)=O)Nc1cc(Cl)nc(C(F)(F)F)n1. The zero-order chi connectivity index (χ0) is 13.9. The quantitative estimate of drug-likeness (QED) is 0.826. The van der Waals surface area contributed by atoms with E-state index >= 15 is 0 Å². The summed E-state index contributed by atoms with van der Waals surface area (Å²) in [7, 11) is 0. The van der Waals surface area contributed by atoms with Crippen molar-refractivity contribution in [2.45, 2.75) is 25.6 Å². The van der Waals surface area contributed by atoms with Gasteiger partial charge < -0.3 is 11.1 Å². The molecule has 3 N–H and O–H groups in total. The maximum atomic E-state index is 12.4. The van der Waals surface area contributed by atoms with Gasteiger partial charge in [-0.05, 0) is 6.92 Å². The monoisotopic (exact) mass is 282 g/mol. The van der Waals surface area contributed by atoms with Crippen LogP contribution in [-0.4, -0.2) is 21.9 Å². The van der Waals surface area contributed by atoms with Gasteiger partial charge in [0.1, 0.15) is 11.0 Å². The number of nitrogens with two attached hydrogens (primary N) is 1. The first-order valence-electron chi connectivity index (χ1n) is 4.85. The van der Waals surface area contributed by atoms with E-state index in [-0.39, 0.29) is 17.4 Å². The molecule has 18 heavy (non-hydrogen) atoms. The molecule has 1 heterocycles. The summed E-state index contributed by atoms with van der Waals surface area (Å²) in [6.07, 6.45) is -4.72. The summed E-state index contributed by atoms with van der Waals surface area (Å²) in [6, 6.07) is 0.670. The van der Waals surface area contributed by atoms with Crippen LogP contribution in [0.4, 0.5) is 19.0 Å². The van der Waals surface area contributed by atoms with Crippen molar-refractivity contribution in [1.29, 1.82) is 0 Å². The van der Waals surface area contributed by atoms with Crippen LogP contribution in [0, 0.1) is 0 Å². The molecule has 1 atom stereocenters. The number of nitrogens with one attached hydrogen (secondary N) is 1. The van der Waals surface area contributed by atoms with E-state index < -0.39 is 23.9 Å². The smallest absolute Gasteiger partial charge is 0.370 e. The van der Waals surface area contributed by atoms with Crippen LogP contribution in [0.15, 0.2) is 6.07 Å². The lowest BCUT2D eigenvalue weighted by Gasteiger charge is -2.14. The topological polar surface area (TPSA) is 80.9 Å². The van der Waals surface area contributed by atoms with Crippen LogP contribution in [-0.2, 0) is 11.0 Å². The molecule has 0 aliphatic rings. The van der Waals surface area contributed by atoms with E-state index in [4.69, 9.17) is 17.3 Å². The van der Waals surface area contributed by atoms with Crippen LogP contribution in [0.5, 0.6) is 0 Å². The third-order valence-electron chi connectivity index (χ3n) is 1.85. The van der Waals surface area contributed by atoms with Crippen LogP contribution < -0.4 is 11.1 Å². The second-order valence-corrected chi connectivity index (χ2v) is 4.00. The minimum absolute atomic E-state index is 0.0387. The molecule has 0 fully saturated rings. The molecule has 0 aliphatic heterocycles. The van der Waals surface area contributed by atoms with Gasteiger partial charge in [-0.3, -0.25) is 4.79 Å². The van der Waals surface area contributed by atoms with Gasteiger partial charge in [0.2, 0.25) is 11.7 Å². The van der Waals surface area contributed by atoms with Crippen molar-refractivity contribution in [3.8, 4) is 0 Å². The first-order chi connectivity index (χ1) is 8.18. The zero-order valence-electron chi connectivity index (χ0n) is 9.25. The van der Waals surface area contributed by atoms with Gasteiger partial charge in [-0.25, -0.2) is 9.97 Å². The predicted octanol–water partition coefficient (Wildman–Crippen LogP) is 1.82. The average molecular weight is 283 g/mol. The van der Waals surface area contributed by atoms with Gasteiger partial charge in [0.15, 0.2) is 0 Å². The molecule has 1 amide bonds. The average Bonchev–Trinajstić information content (AvgIpc) is 2.13. The highest BCUT2D eigenvalue weighted by molar-refractivity contribution is 6.29. The molecule has 0 spiro atoms. The molecule has 1 aromatic heterocycles. The highest BCUT2D eigenvalue weighted by Gasteiger charge is 2.35. The van der Waals surface area contributed by atoms with Crippen molar-refractivity contribution in [3.05, 3.63) is 17.0 Å². The number of alkyl halides is 3. The summed E-state index contributed by atoms with van der Waals surface area (Å²) in [6.45, 7) is 1.58. The third-order valence-corrected chi connectivity index (χ3v) is 2.04. The highest BCUT2D eigenvalue weighted by atomic mass is 35.5. The summed E-state index contributed by atoms with van der Waals surface area (Å²) >= 11 is 5.46. The van der Waals surface area contributed by atoms with Crippen molar-refractivity contribution in [1.82, 2.24) is 9.97 Å². The van der Waals surface area contributed by atoms with Crippen LogP contribution >= 0.6 is 11.6 Å². The van der Waals surface area contributed by atoms with Crippen molar-refractivity contribution in [3.63, 3.8) is 0 Å². The number of carbonyl (C=O) groups is 1. The minimum atomic E-state index is -4.69. The number of carbonyl (C=O) groups excluding carboxylic acids is 1. The molecule has 0 aliphatic carbocycles. The lowest BCUT2D eigenvalue weighted by atomic mass is 10.2. The maximum Gasteiger partial charge on any atom is 0.451 e. The third kappa shape index (κ3) is 4.36. The van der Waals surface area contributed by atoms with Crippen LogP contribution in [0.3, 0.4) is 0 Å². The molecule has 0 saturated heterocycles. The van der Waals surface area contributed by atoms with Crippen LogP contribution in [0.2, 0.25) is 5.15 Å². The summed E-state index contributed by atoms with van der Waals surface area (Å²) < 4.78 is 37.2. The van der Waals surface area contributed by atoms with Gasteiger partial charge in [-0.15, -0.1) is 0 Å². The Morgan fingerprint density at radius 3 is 2.67 bits per heavy atom. The standard InChI is InChI=1S/C9H10ClF3N4O/c1-4(2-6(14)18)15-7-3-5(10)16-8(17-7)9(11,12)13/h3-4H,2H2,1H3,(H2,14,18)(H,15,16,17). The van der Waals surface area contributed by atoms with E-state index in [0.29, 0.717) is 0 Å². The number of primary amides is 1. The largest absolute Gasteiger partial charge is 0.451 e. The number of hydrogen-bond acceptors (Lipinski definition) is 4. The Labute approximate surface area is 106 Å². The first-order valence-corrected chi connectivity index (χ1v) is 5.23. The molecular formula is C9H10ClF3N4O. The Morgan fingerprint density at radius 2 is 2.17 bits per heavy atom. The van der Waals surface area contributed by atoms with Gasteiger partial charge >= 0.3 is 6.18 Å². The van der Waals surface area contributed by atoms with Crippen LogP contribution in [0.1, 0.15) is 19.2 Å².